The second-order valence-corrected chi connectivity index (χ2v) is 2.63. The van der Waals surface area contributed by atoms with Crippen molar-refractivity contribution in [3.63, 3.8) is 0 Å². The molecule has 0 fully saturated rings. The van der Waals surface area contributed by atoms with Gasteiger partial charge in [0.05, 0.1) is 5.69 Å². The SMILES string of the molecule is [N-]=[N+]=NCC=Cc1ccc(O)c(N)c1. The third-order valence-corrected chi connectivity index (χ3v) is 1.61. The fourth-order valence-electron chi connectivity index (χ4n) is 0.949. The standard InChI is InChI=1S/C9H10N4O/c10-8-6-7(3-4-9(8)14)2-1-5-12-13-11/h1-4,6,14H,5,10H2. The van der Waals surface area contributed by atoms with E-state index in [1.54, 1.807) is 24.3 Å². The van der Waals surface area contributed by atoms with Crippen molar-refractivity contribution >= 4 is 11.8 Å². The maximum atomic E-state index is 9.14. The van der Waals surface area contributed by atoms with Crippen LogP contribution in [0.5, 0.6) is 5.75 Å². The van der Waals surface area contributed by atoms with Gasteiger partial charge in [-0.1, -0.05) is 23.3 Å². The number of anilines is 1. The van der Waals surface area contributed by atoms with E-state index in [2.05, 4.69) is 10.0 Å². The lowest BCUT2D eigenvalue weighted by Crippen LogP contribution is -1.85. The van der Waals surface area contributed by atoms with E-state index in [1.807, 2.05) is 0 Å². The highest BCUT2D eigenvalue weighted by molar-refractivity contribution is 5.61. The molecule has 0 atom stereocenters. The van der Waals surface area contributed by atoms with Gasteiger partial charge >= 0.3 is 0 Å². The summed E-state index contributed by atoms with van der Waals surface area (Å²) in [5.74, 6) is 0.0668. The van der Waals surface area contributed by atoms with E-state index in [1.165, 1.54) is 6.07 Å². The van der Waals surface area contributed by atoms with E-state index in [9.17, 15) is 0 Å². The molecule has 3 N–H and O–H groups in total. The summed E-state index contributed by atoms with van der Waals surface area (Å²) in [5, 5.41) is 12.5. The molecule has 72 valence electrons. The molecule has 14 heavy (non-hydrogen) atoms. The number of nitrogens with two attached hydrogens (primary N) is 1. The van der Waals surface area contributed by atoms with Gasteiger partial charge in [-0.05, 0) is 23.2 Å². The number of hydrogen-bond donors (Lipinski definition) is 2. The second-order valence-electron chi connectivity index (χ2n) is 2.63. The first-order valence-electron chi connectivity index (χ1n) is 4.00. The summed E-state index contributed by atoms with van der Waals surface area (Å²) in [6.07, 6.45) is 3.48. The smallest absolute Gasteiger partial charge is 0.138 e. The fourth-order valence-corrected chi connectivity index (χ4v) is 0.949. The van der Waals surface area contributed by atoms with Crippen molar-refractivity contribution in [3.05, 3.63) is 40.3 Å². The van der Waals surface area contributed by atoms with E-state index in [-0.39, 0.29) is 5.75 Å². The highest BCUT2D eigenvalue weighted by Crippen LogP contribution is 2.20. The van der Waals surface area contributed by atoms with Gasteiger partial charge in [0.15, 0.2) is 0 Å². The number of hydrogen-bond acceptors (Lipinski definition) is 3. The first-order valence-corrected chi connectivity index (χ1v) is 4.00. The number of phenols is 1. The Morgan fingerprint density at radius 2 is 2.36 bits per heavy atom. The molecule has 0 bridgehead atoms. The van der Waals surface area contributed by atoms with Crippen molar-refractivity contribution in [1.29, 1.82) is 0 Å². The molecule has 0 saturated carbocycles. The molecular weight excluding hydrogens is 180 g/mol. The molecule has 5 heteroatoms. The molecule has 0 unspecified atom stereocenters. The molecule has 0 aliphatic heterocycles. The summed E-state index contributed by atoms with van der Waals surface area (Å²) in [6.45, 7) is 0.303. The zero-order valence-corrected chi connectivity index (χ0v) is 7.46. The first-order chi connectivity index (χ1) is 6.74. The highest BCUT2D eigenvalue weighted by atomic mass is 16.3. The lowest BCUT2D eigenvalue weighted by atomic mass is 10.2. The van der Waals surface area contributed by atoms with Gasteiger partial charge in [0.2, 0.25) is 0 Å². The number of aromatic hydroxyl groups is 1. The van der Waals surface area contributed by atoms with E-state index in [0.29, 0.717) is 12.2 Å². The summed E-state index contributed by atoms with van der Waals surface area (Å²) in [5.41, 5.74) is 14.7. The van der Waals surface area contributed by atoms with Crippen molar-refractivity contribution in [3.8, 4) is 5.75 Å². The van der Waals surface area contributed by atoms with Crippen LogP contribution >= 0.6 is 0 Å². The maximum Gasteiger partial charge on any atom is 0.138 e. The van der Waals surface area contributed by atoms with Gasteiger partial charge in [-0.3, -0.25) is 0 Å². The first kappa shape index (κ1) is 9.95. The Bertz CT molecular complexity index is 394. The summed E-state index contributed by atoms with van der Waals surface area (Å²) in [7, 11) is 0. The van der Waals surface area contributed by atoms with Crippen LogP contribution in [0.4, 0.5) is 5.69 Å². The minimum absolute atomic E-state index is 0.0668. The van der Waals surface area contributed by atoms with Gasteiger partial charge < -0.3 is 10.8 Å². The van der Waals surface area contributed by atoms with Crippen molar-refractivity contribution in [1.82, 2.24) is 0 Å². The highest BCUT2D eigenvalue weighted by Gasteiger charge is 1.94. The van der Waals surface area contributed by atoms with Crippen molar-refractivity contribution in [2.75, 3.05) is 12.3 Å². The quantitative estimate of drug-likeness (QED) is 0.251. The molecule has 1 aromatic carbocycles. The van der Waals surface area contributed by atoms with E-state index in [4.69, 9.17) is 16.4 Å². The van der Waals surface area contributed by atoms with Crippen molar-refractivity contribution < 1.29 is 5.11 Å². The van der Waals surface area contributed by atoms with Crippen LogP contribution in [0.3, 0.4) is 0 Å². The van der Waals surface area contributed by atoms with Crippen LogP contribution in [-0.2, 0) is 0 Å². The average Bonchev–Trinajstić information content (AvgIpc) is 2.18. The van der Waals surface area contributed by atoms with Gasteiger partial charge in [0.25, 0.3) is 0 Å². The largest absolute Gasteiger partial charge is 0.506 e. The summed E-state index contributed by atoms with van der Waals surface area (Å²) in [6, 6.07) is 4.88. The number of benzene rings is 1. The summed E-state index contributed by atoms with van der Waals surface area (Å²) in [4.78, 5) is 2.61. The number of nitrogens with zero attached hydrogens (tertiary/aromatic N) is 3. The molecule has 0 spiro atoms. The van der Waals surface area contributed by atoms with Crippen molar-refractivity contribution in [2.45, 2.75) is 0 Å². The normalized spacial score (nSPS) is 10.0. The molecular formula is C9H10N4O. The number of nitrogen functional groups attached to an aromatic ring is 1. The average molecular weight is 190 g/mol. The lowest BCUT2D eigenvalue weighted by molar-refractivity contribution is 0.478. The molecule has 0 radical (unpaired) electrons. The van der Waals surface area contributed by atoms with Crippen LogP contribution in [-0.4, -0.2) is 11.7 Å². The van der Waals surface area contributed by atoms with E-state index >= 15 is 0 Å². The van der Waals surface area contributed by atoms with Crippen LogP contribution in [0.2, 0.25) is 0 Å². The molecule has 5 nitrogen and oxygen atoms in total. The van der Waals surface area contributed by atoms with E-state index < -0.39 is 0 Å². The molecule has 0 amide bonds. The maximum absolute atomic E-state index is 9.14. The van der Waals surface area contributed by atoms with Crippen LogP contribution in [0.15, 0.2) is 29.4 Å². The molecule has 0 heterocycles. The summed E-state index contributed by atoms with van der Waals surface area (Å²) >= 11 is 0. The molecule has 1 rings (SSSR count). The number of phenolic OH excluding ortho intramolecular Hbond substituents is 1. The van der Waals surface area contributed by atoms with Gasteiger partial charge in [0.1, 0.15) is 5.75 Å². The molecule has 0 aromatic heterocycles. The fraction of sp³-hybridized carbons (Fsp3) is 0.111. The topological polar surface area (TPSA) is 95.0 Å². The predicted molar refractivity (Wildman–Crippen MR) is 55.6 cm³/mol. The van der Waals surface area contributed by atoms with Crippen LogP contribution in [0.1, 0.15) is 5.56 Å². The predicted octanol–water partition coefficient (Wildman–Crippen LogP) is 2.30. The lowest BCUT2D eigenvalue weighted by Gasteiger charge is -1.98. The zero-order valence-electron chi connectivity index (χ0n) is 7.46. The van der Waals surface area contributed by atoms with Gasteiger partial charge in [-0.25, -0.2) is 0 Å². The van der Waals surface area contributed by atoms with Gasteiger partial charge in [-0.2, -0.15) is 0 Å². The second kappa shape index (κ2) is 4.79. The minimum Gasteiger partial charge on any atom is -0.506 e. The van der Waals surface area contributed by atoms with Gasteiger partial charge in [0, 0.05) is 11.5 Å². The van der Waals surface area contributed by atoms with Crippen LogP contribution in [0, 0.1) is 0 Å². The Morgan fingerprint density at radius 3 is 3.00 bits per heavy atom. The van der Waals surface area contributed by atoms with E-state index in [0.717, 1.165) is 5.56 Å². The Kier molecular flexibility index (Phi) is 3.41. The van der Waals surface area contributed by atoms with Crippen molar-refractivity contribution in [2.24, 2.45) is 5.11 Å². The number of rotatable bonds is 3. The third-order valence-electron chi connectivity index (χ3n) is 1.61. The number of azide groups is 1. The van der Waals surface area contributed by atoms with Crippen LogP contribution < -0.4 is 5.73 Å². The Hall–Kier alpha value is -2.13. The molecule has 0 aliphatic rings. The Balaban J connectivity index is 2.72. The minimum atomic E-state index is 0.0668. The zero-order chi connectivity index (χ0) is 10.4. The summed E-state index contributed by atoms with van der Waals surface area (Å²) < 4.78 is 0. The molecule has 0 aliphatic carbocycles. The monoisotopic (exact) mass is 190 g/mol. The molecule has 1 aromatic rings. The van der Waals surface area contributed by atoms with Crippen LogP contribution in [0.25, 0.3) is 16.5 Å². The Morgan fingerprint density at radius 1 is 1.57 bits per heavy atom. The third kappa shape index (κ3) is 2.73. The molecule has 0 saturated heterocycles. The van der Waals surface area contributed by atoms with Gasteiger partial charge in [-0.15, -0.1) is 0 Å². The Labute approximate surface area is 81.1 Å².